The molecule has 0 aliphatic rings. The highest BCUT2D eigenvalue weighted by atomic mass is 16.5. The van der Waals surface area contributed by atoms with Gasteiger partial charge in [0, 0.05) is 6.54 Å². The SMILES string of the molecule is CCc1ccc(CCNCCC(=O)OC)cc1. The predicted molar refractivity (Wildman–Crippen MR) is 69.0 cm³/mol. The zero-order chi connectivity index (χ0) is 12.5. The topological polar surface area (TPSA) is 38.3 Å². The van der Waals surface area contributed by atoms with Gasteiger partial charge in [0.15, 0.2) is 0 Å². The summed E-state index contributed by atoms with van der Waals surface area (Å²) < 4.78 is 4.56. The summed E-state index contributed by atoms with van der Waals surface area (Å²) in [4.78, 5) is 10.9. The minimum Gasteiger partial charge on any atom is -0.469 e. The number of hydrogen-bond donors (Lipinski definition) is 1. The fourth-order valence-electron chi connectivity index (χ4n) is 1.59. The molecule has 94 valence electrons. The lowest BCUT2D eigenvalue weighted by Crippen LogP contribution is -2.21. The van der Waals surface area contributed by atoms with Gasteiger partial charge in [0.2, 0.25) is 0 Å². The highest BCUT2D eigenvalue weighted by Crippen LogP contribution is 2.05. The third-order valence-corrected chi connectivity index (χ3v) is 2.76. The molecule has 0 aromatic heterocycles. The number of nitrogens with one attached hydrogen (secondary N) is 1. The maximum Gasteiger partial charge on any atom is 0.306 e. The second-order valence-corrected chi connectivity index (χ2v) is 4.00. The summed E-state index contributed by atoms with van der Waals surface area (Å²) in [6, 6.07) is 8.68. The van der Waals surface area contributed by atoms with Crippen LogP contribution in [0, 0.1) is 0 Å². The van der Waals surface area contributed by atoms with Crippen molar-refractivity contribution in [1.29, 1.82) is 0 Å². The molecule has 0 heterocycles. The predicted octanol–water partition coefficient (Wildman–Crippen LogP) is 1.94. The van der Waals surface area contributed by atoms with Crippen LogP contribution in [0.5, 0.6) is 0 Å². The van der Waals surface area contributed by atoms with Crippen LogP contribution in [0.25, 0.3) is 0 Å². The van der Waals surface area contributed by atoms with E-state index >= 15 is 0 Å². The van der Waals surface area contributed by atoms with E-state index < -0.39 is 0 Å². The van der Waals surface area contributed by atoms with E-state index in [1.54, 1.807) is 0 Å². The molecule has 3 nitrogen and oxygen atoms in total. The van der Waals surface area contributed by atoms with E-state index in [1.165, 1.54) is 18.2 Å². The van der Waals surface area contributed by atoms with Gasteiger partial charge in [-0.25, -0.2) is 0 Å². The van der Waals surface area contributed by atoms with Crippen LogP contribution in [0.15, 0.2) is 24.3 Å². The summed E-state index contributed by atoms with van der Waals surface area (Å²) in [5, 5.41) is 3.23. The molecule has 1 aromatic rings. The van der Waals surface area contributed by atoms with E-state index in [0.717, 1.165) is 19.4 Å². The van der Waals surface area contributed by atoms with Crippen LogP contribution in [0.4, 0.5) is 0 Å². The summed E-state index contributed by atoms with van der Waals surface area (Å²) in [5.41, 5.74) is 2.69. The number of carbonyl (C=O) groups is 1. The Hall–Kier alpha value is -1.35. The lowest BCUT2D eigenvalue weighted by Gasteiger charge is -2.05. The summed E-state index contributed by atoms with van der Waals surface area (Å²) >= 11 is 0. The van der Waals surface area contributed by atoms with Crippen LogP contribution in [0.1, 0.15) is 24.5 Å². The van der Waals surface area contributed by atoms with E-state index in [0.29, 0.717) is 13.0 Å². The molecule has 0 saturated heterocycles. The minimum atomic E-state index is -0.162. The molecule has 0 aliphatic carbocycles. The number of hydrogen-bond acceptors (Lipinski definition) is 3. The van der Waals surface area contributed by atoms with Crippen molar-refractivity contribution in [2.75, 3.05) is 20.2 Å². The zero-order valence-electron chi connectivity index (χ0n) is 10.7. The highest BCUT2D eigenvalue weighted by molar-refractivity contribution is 5.69. The van der Waals surface area contributed by atoms with Gasteiger partial charge in [-0.05, 0) is 30.5 Å². The van der Waals surface area contributed by atoms with Crippen molar-refractivity contribution in [2.24, 2.45) is 0 Å². The van der Waals surface area contributed by atoms with Crippen LogP contribution in [-0.4, -0.2) is 26.2 Å². The molecule has 0 unspecified atom stereocenters. The van der Waals surface area contributed by atoms with Crippen LogP contribution >= 0.6 is 0 Å². The normalized spacial score (nSPS) is 10.2. The van der Waals surface area contributed by atoms with Crippen LogP contribution in [0.3, 0.4) is 0 Å². The van der Waals surface area contributed by atoms with Crippen LogP contribution < -0.4 is 5.32 Å². The second-order valence-electron chi connectivity index (χ2n) is 4.00. The second kappa shape index (κ2) is 7.85. The van der Waals surface area contributed by atoms with Gasteiger partial charge in [-0.2, -0.15) is 0 Å². The van der Waals surface area contributed by atoms with Crippen molar-refractivity contribution in [3.05, 3.63) is 35.4 Å². The Balaban J connectivity index is 2.15. The molecule has 0 radical (unpaired) electrons. The first-order valence-corrected chi connectivity index (χ1v) is 6.11. The zero-order valence-corrected chi connectivity index (χ0v) is 10.7. The number of ether oxygens (including phenoxy) is 1. The average Bonchev–Trinajstić information content (AvgIpc) is 2.38. The first kappa shape index (κ1) is 13.7. The fourth-order valence-corrected chi connectivity index (χ4v) is 1.59. The summed E-state index contributed by atoms with van der Waals surface area (Å²) in [6.45, 7) is 3.73. The quantitative estimate of drug-likeness (QED) is 0.580. The molecule has 0 aliphatic heterocycles. The molecule has 0 atom stereocenters. The Morgan fingerprint density at radius 3 is 2.41 bits per heavy atom. The molecule has 1 aromatic carbocycles. The largest absolute Gasteiger partial charge is 0.469 e. The Labute approximate surface area is 103 Å². The Bertz CT molecular complexity index is 333. The first-order valence-electron chi connectivity index (χ1n) is 6.11. The molecule has 1 N–H and O–H groups in total. The van der Waals surface area contributed by atoms with Gasteiger partial charge in [-0.1, -0.05) is 31.2 Å². The number of carbonyl (C=O) groups excluding carboxylic acids is 1. The Kier molecular flexibility index (Phi) is 6.33. The maximum absolute atomic E-state index is 10.9. The molecule has 0 saturated carbocycles. The monoisotopic (exact) mass is 235 g/mol. The highest BCUT2D eigenvalue weighted by Gasteiger charge is 1.98. The molecule has 1 rings (SSSR count). The molecular formula is C14H21NO2. The van der Waals surface area contributed by atoms with Crippen molar-refractivity contribution < 1.29 is 9.53 Å². The third-order valence-electron chi connectivity index (χ3n) is 2.76. The molecule has 0 bridgehead atoms. The van der Waals surface area contributed by atoms with Crippen molar-refractivity contribution in [2.45, 2.75) is 26.2 Å². The number of methoxy groups -OCH3 is 1. The number of benzene rings is 1. The summed E-state index contributed by atoms with van der Waals surface area (Å²) in [6.07, 6.45) is 2.51. The number of rotatable bonds is 7. The first-order chi connectivity index (χ1) is 8.26. The van der Waals surface area contributed by atoms with Crippen molar-refractivity contribution in [1.82, 2.24) is 5.32 Å². The van der Waals surface area contributed by atoms with Crippen LogP contribution in [-0.2, 0) is 22.4 Å². The fraction of sp³-hybridized carbons (Fsp3) is 0.500. The van der Waals surface area contributed by atoms with E-state index in [1.807, 2.05) is 0 Å². The summed E-state index contributed by atoms with van der Waals surface area (Å²) in [7, 11) is 1.41. The standard InChI is InChI=1S/C14H21NO2/c1-3-12-4-6-13(7-5-12)8-10-15-11-9-14(16)17-2/h4-7,15H,3,8-11H2,1-2H3. The minimum absolute atomic E-state index is 0.162. The van der Waals surface area contributed by atoms with Gasteiger partial charge in [-0.3, -0.25) is 4.79 Å². The molecule has 0 spiro atoms. The van der Waals surface area contributed by atoms with Gasteiger partial charge < -0.3 is 10.1 Å². The smallest absolute Gasteiger partial charge is 0.306 e. The maximum atomic E-state index is 10.9. The molecule has 17 heavy (non-hydrogen) atoms. The molecule has 0 amide bonds. The van der Waals surface area contributed by atoms with Gasteiger partial charge in [0.05, 0.1) is 13.5 Å². The van der Waals surface area contributed by atoms with Gasteiger partial charge in [-0.15, -0.1) is 0 Å². The van der Waals surface area contributed by atoms with Crippen molar-refractivity contribution in [3.8, 4) is 0 Å². The van der Waals surface area contributed by atoms with Gasteiger partial charge >= 0.3 is 5.97 Å². The summed E-state index contributed by atoms with van der Waals surface area (Å²) in [5.74, 6) is -0.162. The molecule has 0 fully saturated rings. The van der Waals surface area contributed by atoms with Gasteiger partial charge in [0.1, 0.15) is 0 Å². The lowest BCUT2D eigenvalue weighted by molar-refractivity contribution is -0.140. The van der Waals surface area contributed by atoms with E-state index in [9.17, 15) is 4.79 Å². The molecular weight excluding hydrogens is 214 g/mol. The number of aryl methyl sites for hydroxylation is 1. The Morgan fingerprint density at radius 1 is 1.18 bits per heavy atom. The Morgan fingerprint density at radius 2 is 1.82 bits per heavy atom. The third kappa shape index (κ3) is 5.50. The van der Waals surface area contributed by atoms with E-state index in [-0.39, 0.29) is 5.97 Å². The average molecular weight is 235 g/mol. The lowest BCUT2D eigenvalue weighted by atomic mass is 10.1. The van der Waals surface area contributed by atoms with E-state index in [4.69, 9.17) is 0 Å². The van der Waals surface area contributed by atoms with Gasteiger partial charge in [0.25, 0.3) is 0 Å². The number of esters is 1. The molecule has 3 heteroatoms. The van der Waals surface area contributed by atoms with Crippen molar-refractivity contribution >= 4 is 5.97 Å². The van der Waals surface area contributed by atoms with Crippen molar-refractivity contribution in [3.63, 3.8) is 0 Å². The van der Waals surface area contributed by atoms with Crippen LogP contribution in [0.2, 0.25) is 0 Å². The van der Waals surface area contributed by atoms with E-state index in [2.05, 4.69) is 41.2 Å².